The number of rotatable bonds is 6. The third kappa shape index (κ3) is 10.8. The Morgan fingerprint density at radius 3 is 1.54 bits per heavy atom. The molecule has 0 spiro atoms. The quantitative estimate of drug-likeness (QED) is 0.474. The summed E-state index contributed by atoms with van der Waals surface area (Å²) in [6, 6.07) is 0. The van der Waals surface area contributed by atoms with Gasteiger partial charge in [0.1, 0.15) is 13.2 Å². The summed E-state index contributed by atoms with van der Waals surface area (Å²) >= 11 is 0. The lowest BCUT2D eigenvalue weighted by molar-refractivity contribution is 0.0356. The number of hydrogen-bond acceptors (Lipinski definition) is 5. The van der Waals surface area contributed by atoms with Crippen LogP contribution in [0, 0.1) is 0 Å². The van der Waals surface area contributed by atoms with Gasteiger partial charge in [-0.05, 0) is 0 Å². The normalized spacial score (nSPS) is 9.38. The van der Waals surface area contributed by atoms with Crippen LogP contribution >= 0.6 is 0 Å². The molecule has 5 nitrogen and oxygen atoms in total. The van der Waals surface area contributed by atoms with Crippen LogP contribution < -0.4 is 0 Å². The largest absolute Gasteiger partial charge is 0.495 e. The number of halogens is 2. The van der Waals surface area contributed by atoms with E-state index in [4.69, 9.17) is 0 Å². The van der Waals surface area contributed by atoms with Crippen LogP contribution in [-0.4, -0.2) is 38.9 Å². The van der Waals surface area contributed by atoms with Gasteiger partial charge in [0.25, 0.3) is 0 Å². The van der Waals surface area contributed by atoms with Crippen LogP contribution in [0.3, 0.4) is 0 Å². The molecule has 0 radical (unpaired) electrons. The van der Waals surface area contributed by atoms with Crippen molar-refractivity contribution in [1.82, 2.24) is 0 Å². The van der Waals surface area contributed by atoms with Crippen molar-refractivity contribution in [1.29, 1.82) is 0 Å². The molecule has 0 aromatic heterocycles. The van der Waals surface area contributed by atoms with Gasteiger partial charge in [0.05, 0.1) is 13.2 Å². The van der Waals surface area contributed by atoms with E-state index in [1.807, 2.05) is 0 Å². The zero-order valence-corrected chi connectivity index (χ0v) is 6.63. The summed E-state index contributed by atoms with van der Waals surface area (Å²) in [5.74, 6) is 0. The highest BCUT2D eigenvalue weighted by Gasteiger charge is 1.98. The van der Waals surface area contributed by atoms with E-state index in [-0.39, 0.29) is 26.4 Å². The molecule has 0 saturated heterocycles. The van der Waals surface area contributed by atoms with Crippen molar-refractivity contribution in [3.05, 3.63) is 0 Å². The topological polar surface area (TPSA) is 61.8 Å². The fraction of sp³-hybridized carbons (Fsp3) is 0.667. The highest BCUT2D eigenvalue weighted by molar-refractivity contribution is 5.58. The highest BCUT2D eigenvalue weighted by Crippen LogP contribution is 1.85. The number of carbonyl (C=O) groups excluding carboxylic acids is 2. The molecule has 0 saturated carbocycles. The summed E-state index contributed by atoms with van der Waals surface area (Å²) in [6.45, 7) is -0.559. The van der Waals surface area contributed by atoms with Gasteiger partial charge in [-0.1, -0.05) is 0 Å². The molecule has 0 N–H and O–H groups in total. The third-order valence-electron chi connectivity index (χ3n) is 0.886. The average molecular weight is 198 g/mol. The van der Waals surface area contributed by atoms with E-state index >= 15 is 0 Å². The lowest BCUT2D eigenvalue weighted by atomic mass is 10.7. The van der Waals surface area contributed by atoms with E-state index in [0.717, 1.165) is 0 Å². The van der Waals surface area contributed by atoms with Crippen LogP contribution in [-0.2, 0) is 14.2 Å². The first kappa shape index (κ1) is 11.8. The molecule has 0 bridgehead atoms. The van der Waals surface area contributed by atoms with E-state index in [1.54, 1.807) is 0 Å². The lowest BCUT2D eigenvalue weighted by Gasteiger charge is -2.02. The zero-order chi connectivity index (χ0) is 10.1. The molecule has 7 heteroatoms. The van der Waals surface area contributed by atoms with Crippen LogP contribution in [0.2, 0.25) is 0 Å². The van der Waals surface area contributed by atoms with Gasteiger partial charge in [0.15, 0.2) is 0 Å². The van der Waals surface area contributed by atoms with Gasteiger partial charge in [-0.15, -0.1) is 8.78 Å². The molecule has 0 amide bonds. The monoisotopic (exact) mass is 198 g/mol. The fourth-order valence-electron chi connectivity index (χ4n) is 0.464. The number of hydrogen-bond donors (Lipinski definition) is 0. The van der Waals surface area contributed by atoms with Crippen LogP contribution in [0.1, 0.15) is 0 Å². The summed E-state index contributed by atoms with van der Waals surface area (Å²) < 4.78 is 35.1. The summed E-state index contributed by atoms with van der Waals surface area (Å²) in [6.07, 6.45) is -3.78. The van der Waals surface area contributed by atoms with Crippen molar-refractivity contribution < 1.29 is 32.6 Å². The molecule has 0 unspecified atom stereocenters. The van der Waals surface area contributed by atoms with E-state index in [1.165, 1.54) is 0 Å². The van der Waals surface area contributed by atoms with Gasteiger partial charge in [-0.25, -0.2) is 9.59 Å². The van der Waals surface area contributed by atoms with Gasteiger partial charge >= 0.3 is 12.4 Å². The summed E-state index contributed by atoms with van der Waals surface area (Å²) in [4.78, 5) is 19.1. The van der Waals surface area contributed by atoms with Gasteiger partial charge in [-0.2, -0.15) is 0 Å². The second-order valence-corrected chi connectivity index (χ2v) is 1.78. The van der Waals surface area contributed by atoms with Gasteiger partial charge in [-0.3, -0.25) is 0 Å². The van der Waals surface area contributed by atoms with Crippen LogP contribution in [0.25, 0.3) is 0 Å². The number of ether oxygens (including phenoxy) is 3. The molecular formula is C6H8F2O5. The van der Waals surface area contributed by atoms with Crippen molar-refractivity contribution >= 4 is 12.4 Å². The minimum Gasteiger partial charge on any atom is -0.438 e. The summed E-state index contributed by atoms with van der Waals surface area (Å²) in [7, 11) is 0. The first-order valence-corrected chi connectivity index (χ1v) is 3.35. The Bertz CT molecular complexity index is 154. The Morgan fingerprint density at radius 2 is 1.23 bits per heavy atom. The van der Waals surface area contributed by atoms with Gasteiger partial charge in [0, 0.05) is 0 Å². The maximum Gasteiger partial charge on any atom is 0.495 e. The van der Waals surface area contributed by atoms with E-state index in [0.29, 0.717) is 0 Å². The molecule has 13 heavy (non-hydrogen) atoms. The van der Waals surface area contributed by atoms with Crippen LogP contribution in [0.15, 0.2) is 0 Å². The molecule has 0 aromatic rings. The Morgan fingerprint density at radius 1 is 0.846 bits per heavy atom. The van der Waals surface area contributed by atoms with Gasteiger partial charge < -0.3 is 14.2 Å². The van der Waals surface area contributed by atoms with E-state index in [2.05, 4.69) is 14.2 Å². The predicted octanol–water partition coefficient (Wildman–Crippen LogP) is 1.22. The predicted molar refractivity (Wildman–Crippen MR) is 35.7 cm³/mol. The summed E-state index contributed by atoms with van der Waals surface area (Å²) in [5.41, 5.74) is 0. The molecular weight excluding hydrogens is 190 g/mol. The maximum absolute atomic E-state index is 11.3. The Balaban J connectivity index is 3.00. The maximum atomic E-state index is 11.3. The minimum absolute atomic E-state index is 0.0422. The Hall–Kier alpha value is -1.24. The second-order valence-electron chi connectivity index (χ2n) is 1.78. The van der Waals surface area contributed by atoms with Crippen molar-refractivity contribution in [2.45, 2.75) is 0 Å². The molecule has 0 aliphatic rings. The fourth-order valence-corrected chi connectivity index (χ4v) is 0.464. The first-order valence-electron chi connectivity index (χ1n) is 3.35. The van der Waals surface area contributed by atoms with Crippen LogP contribution in [0.5, 0.6) is 0 Å². The van der Waals surface area contributed by atoms with Crippen molar-refractivity contribution in [3.8, 4) is 0 Å². The SMILES string of the molecule is O=C(F)OCCOCCOC(=O)F. The van der Waals surface area contributed by atoms with Crippen LogP contribution in [0.4, 0.5) is 18.4 Å². The van der Waals surface area contributed by atoms with E-state index < -0.39 is 12.4 Å². The molecule has 0 atom stereocenters. The second kappa shape index (κ2) is 7.41. The molecule has 0 heterocycles. The molecule has 0 rings (SSSR count). The van der Waals surface area contributed by atoms with Crippen molar-refractivity contribution in [3.63, 3.8) is 0 Å². The Labute approximate surface area is 72.6 Å². The Kier molecular flexibility index (Phi) is 6.70. The minimum atomic E-state index is -1.89. The first-order chi connectivity index (χ1) is 6.13. The van der Waals surface area contributed by atoms with Crippen molar-refractivity contribution in [2.75, 3.05) is 26.4 Å². The zero-order valence-electron chi connectivity index (χ0n) is 6.63. The number of carbonyl (C=O) groups is 2. The lowest BCUT2D eigenvalue weighted by Crippen LogP contribution is -2.10. The molecule has 0 aliphatic carbocycles. The highest BCUT2D eigenvalue weighted by atomic mass is 19.2. The molecule has 0 aromatic carbocycles. The van der Waals surface area contributed by atoms with Gasteiger partial charge in [0.2, 0.25) is 0 Å². The smallest absolute Gasteiger partial charge is 0.438 e. The molecule has 0 aliphatic heterocycles. The average Bonchev–Trinajstić information content (AvgIpc) is 2.01. The molecule has 0 fully saturated rings. The van der Waals surface area contributed by atoms with Crippen molar-refractivity contribution in [2.24, 2.45) is 0 Å². The van der Waals surface area contributed by atoms with E-state index in [9.17, 15) is 18.4 Å². The molecule has 76 valence electrons. The third-order valence-corrected chi connectivity index (χ3v) is 0.886. The summed E-state index contributed by atoms with van der Waals surface area (Å²) in [5, 5.41) is 0. The standard InChI is InChI=1S/C6H8F2O5/c7-5(9)12-3-1-11-2-4-13-6(8)10/h1-4H2.